The van der Waals surface area contributed by atoms with Crippen molar-refractivity contribution in [2.75, 3.05) is 36.4 Å². The van der Waals surface area contributed by atoms with Crippen LogP contribution in [0.4, 0.5) is 11.5 Å². The van der Waals surface area contributed by atoms with E-state index in [0.29, 0.717) is 12.2 Å². The number of fused-ring (bicyclic) bond motifs is 1. The molecular weight excluding hydrogens is 380 g/mol. The molecule has 4 heterocycles. The first-order valence-electron chi connectivity index (χ1n) is 10.2. The van der Waals surface area contributed by atoms with Gasteiger partial charge in [-0.2, -0.15) is 0 Å². The number of amides is 1. The summed E-state index contributed by atoms with van der Waals surface area (Å²) in [4.78, 5) is 39.7. The molecule has 0 radical (unpaired) electrons. The van der Waals surface area contributed by atoms with Crippen molar-refractivity contribution < 1.29 is 4.79 Å². The van der Waals surface area contributed by atoms with Crippen molar-refractivity contribution in [1.29, 1.82) is 0 Å². The lowest BCUT2D eigenvalue weighted by Crippen LogP contribution is -2.46. The Balaban J connectivity index is 1.37. The Bertz CT molecular complexity index is 1100. The third kappa shape index (κ3) is 4.49. The van der Waals surface area contributed by atoms with E-state index >= 15 is 0 Å². The minimum atomic E-state index is -0.123. The third-order valence-electron chi connectivity index (χ3n) is 5.40. The molecule has 1 amide bonds. The van der Waals surface area contributed by atoms with Crippen molar-refractivity contribution in [1.82, 2.24) is 19.9 Å². The van der Waals surface area contributed by atoms with Gasteiger partial charge in [0.25, 0.3) is 5.56 Å². The number of nitrogens with one attached hydrogen (secondary N) is 2. The Morgan fingerprint density at radius 1 is 1.13 bits per heavy atom. The van der Waals surface area contributed by atoms with Gasteiger partial charge in [-0.3, -0.25) is 19.5 Å². The van der Waals surface area contributed by atoms with Crippen LogP contribution < -0.4 is 15.8 Å². The molecule has 8 heteroatoms. The highest BCUT2D eigenvalue weighted by Gasteiger charge is 2.18. The molecule has 1 saturated heterocycles. The van der Waals surface area contributed by atoms with Crippen molar-refractivity contribution in [3.8, 4) is 0 Å². The van der Waals surface area contributed by atoms with E-state index in [1.54, 1.807) is 6.20 Å². The Morgan fingerprint density at radius 3 is 2.60 bits per heavy atom. The van der Waals surface area contributed by atoms with Crippen molar-refractivity contribution in [3.63, 3.8) is 0 Å². The number of hydrogen-bond acceptors (Lipinski definition) is 6. The molecule has 156 valence electrons. The number of aromatic amines is 1. The normalized spacial score (nSPS) is 14.8. The van der Waals surface area contributed by atoms with Gasteiger partial charge in [-0.25, -0.2) is 4.98 Å². The predicted molar refractivity (Wildman–Crippen MR) is 118 cm³/mol. The van der Waals surface area contributed by atoms with E-state index in [2.05, 4.69) is 30.1 Å². The van der Waals surface area contributed by atoms with Gasteiger partial charge in [0.15, 0.2) is 0 Å². The smallest absolute Gasteiger partial charge is 0.251 e. The summed E-state index contributed by atoms with van der Waals surface area (Å²) in [5.41, 5.74) is 4.50. The largest absolute Gasteiger partial charge is 0.368 e. The zero-order valence-corrected chi connectivity index (χ0v) is 17.3. The number of aromatic nitrogens is 3. The van der Waals surface area contributed by atoms with Crippen molar-refractivity contribution in [2.45, 2.75) is 26.8 Å². The second kappa shape index (κ2) is 8.62. The van der Waals surface area contributed by atoms with Gasteiger partial charge in [-0.15, -0.1) is 0 Å². The lowest BCUT2D eigenvalue weighted by molar-refractivity contribution is -0.114. The average Bonchev–Trinajstić information content (AvgIpc) is 2.74. The van der Waals surface area contributed by atoms with Gasteiger partial charge < -0.3 is 15.2 Å². The monoisotopic (exact) mass is 406 g/mol. The lowest BCUT2D eigenvalue weighted by Gasteiger charge is -2.36. The maximum Gasteiger partial charge on any atom is 0.251 e. The van der Waals surface area contributed by atoms with Crippen LogP contribution in [0.3, 0.4) is 0 Å². The third-order valence-corrected chi connectivity index (χ3v) is 5.40. The molecule has 0 atom stereocenters. The Morgan fingerprint density at radius 2 is 1.93 bits per heavy atom. The molecule has 4 rings (SSSR count). The van der Waals surface area contributed by atoms with E-state index in [9.17, 15) is 9.59 Å². The summed E-state index contributed by atoms with van der Waals surface area (Å²) in [5.74, 6) is 0.444. The molecule has 0 bridgehead atoms. The maximum absolute atomic E-state index is 12.1. The van der Waals surface area contributed by atoms with E-state index in [4.69, 9.17) is 0 Å². The minimum absolute atomic E-state index is 0.0318. The zero-order valence-electron chi connectivity index (χ0n) is 17.3. The summed E-state index contributed by atoms with van der Waals surface area (Å²) in [6.45, 7) is 7.90. The minimum Gasteiger partial charge on any atom is -0.368 e. The maximum atomic E-state index is 12.1. The highest BCUT2D eigenvalue weighted by molar-refractivity contribution is 5.87. The van der Waals surface area contributed by atoms with Crippen LogP contribution in [0, 0.1) is 0 Å². The van der Waals surface area contributed by atoms with Crippen LogP contribution in [0.5, 0.6) is 0 Å². The first-order valence-corrected chi connectivity index (χ1v) is 10.2. The van der Waals surface area contributed by atoms with Gasteiger partial charge in [0.1, 0.15) is 5.82 Å². The predicted octanol–water partition coefficient (Wildman–Crippen LogP) is 2.16. The fourth-order valence-electron chi connectivity index (χ4n) is 3.77. The number of piperazine rings is 1. The van der Waals surface area contributed by atoms with Crippen LogP contribution in [0.2, 0.25) is 0 Å². The molecule has 0 spiro atoms. The molecule has 3 aromatic heterocycles. The van der Waals surface area contributed by atoms with E-state index in [-0.39, 0.29) is 11.5 Å². The van der Waals surface area contributed by atoms with Crippen molar-refractivity contribution >= 4 is 28.4 Å². The molecule has 0 saturated carbocycles. The van der Waals surface area contributed by atoms with Gasteiger partial charge in [0.2, 0.25) is 5.91 Å². The van der Waals surface area contributed by atoms with Crippen LogP contribution in [0.15, 0.2) is 41.5 Å². The average molecular weight is 406 g/mol. The second-order valence-corrected chi connectivity index (χ2v) is 7.60. The number of anilines is 2. The number of pyridine rings is 3. The Hall–Kier alpha value is -3.26. The molecule has 1 aliphatic rings. The summed E-state index contributed by atoms with van der Waals surface area (Å²) in [6.07, 6.45) is 4.40. The van der Waals surface area contributed by atoms with Crippen LogP contribution in [-0.2, 0) is 17.8 Å². The zero-order chi connectivity index (χ0) is 21.1. The SMILES string of the molecule is CCc1cc2ncc(CN3CCN(c4ccc(NC(C)=O)nc4)CC3)cc2[nH]c1=O. The fourth-order valence-corrected chi connectivity index (χ4v) is 3.77. The van der Waals surface area contributed by atoms with E-state index in [1.165, 1.54) is 6.92 Å². The molecule has 3 aromatic rings. The van der Waals surface area contributed by atoms with Crippen LogP contribution in [0.25, 0.3) is 11.0 Å². The number of aryl methyl sites for hydroxylation is 1. The van der Waals surface area contributed by atoms with Crippen LogP contribution in [-0.4, -0.2) is 51.9 Å². The first-order chi connectivity index (χ1) is 14.5. The van der Waals surface area contributed by atoms with Gasteiger partial charge >= 0.3 is 0 Å². The summed E-state index contributed by atoms with van der Waals surface area (Å²) < 4.78 is 0. The van der Waals surface area contributed by atoms with Gasteiger partial charge in [0, 0.05) is 51.4 Å². The molecular formula is C22H26N6O2. The van der Waals surface area contributed by atoms with Gasteiger partial charge in [-0.05, 0) is 36.2 Å². The summed E-state index contributed by atoms with van der Waals surface area (Å²) >= 11 is 0. The fraction of sp³-hybridized carbons (Fsp3) is 0.364. The quantitative estimate of drug-likeness (QED) is 0.674. The van der Waals surface area contributed by atoms with Crippen molar-refractivity contribution in [2.24, 2.45) is 0 Å². The van der Waals surface area contributed by atoms with E-state index in [0.717, 1.165) is 60.6 Å². The highest BCUT2D eigenvalue weighted by Crippen LogP contribution is 2.19. The highest BCUT2D eigenvalue weighted by atomic mass is 16.1. The number of hydrogen-bond donors (Lipinski definition) is 2. The number of carbonyl (C=O) groups is 1. The molecule has 1 aliphatic heterocycles. The lowest BCUT2D eigenvalue weighted by atomic mass is 10.1. The molecule has 0 unspecified atom stereocenters. The van der Waals surface area contributed by atoms with Crippen LogP contribution >= 0.6 is 0 Å². The topological polar surface area (TPSA) is 94.2 Å². The van der Waals surface area contributed by atoms with E-state index in [1.807, 2.05) is 37.4 Å². The second-order valence-electron chi connectivity index (χ2n) is 7.60. The molecule has 0 aromatic carbocycles. The van der Waals surface area contributed by atoms with Crippen molar-refractivity contribution in [3.05, 3.63) is 58.1 Å². The molecule has 8 nitrogen and oxygen atoms in total. The number of nitrogens with zero attached hydrogens (tertiary/aromatic N) is 4. The van der Waals surface area contributed by atoms with Crippen LogP contribution in [0.1, 0.15) is 25.0 Å². The summed E-state index contributed by atoms with van der Waals surface area (Å²) in [7, 11) is 0. The molecule has 1 fully saturated rings. The number of carbonyl (C=O) groups excluding carboxylic acids is 1. The van der Waals surface area contributed by atoms with Gasteiger partial charge in [-0.1, -0.05) is 6.92 Å². The molecule has 30 heavy (non-hydrogen) atoms. The first kappa shape index (κ1) is 20.0. The molecule has 2 N–H and O–H groups in total. The molecule has 0 aliphatic carbocycles. The standard InChI is InChI=1S/C22H26N6O2/c1-3-17-11-19-20(26-22(17)30)10-16(12-23-19)14-27-6-8-28(9-7-27)18-4-5-21(24-13-18)25-15(2)29/h4-5,10-13H,3,6-9,14H2,1-2H3,(H,26,30)(H,24,25,29). The Kier molecular flexibility index (Phi) is 5.76. The van der Waals surface area contributed by atoms with Gasteiger partial charge in [0.05, 0.1) is 22.9 Å². The van der Waals surface area contributed by atoms with E-state index < -0.39 is 0 Å². The number of rotatable bonds is 5. The summed E-state index contributed by atoms with van der Waals surface area (Å²) in [5, 5.41) is 2.69. The Labute approximate surface area is 175 Å². The summed E-state index contributed by atoms with van der Waals surface area (Å²) in [6, 6.07) is 7.72. The number of H-pyrrole nitrogens is 1.